The van der Waals surface area contributed by atoms with E-state index in [2.05, 4.69) is 58.7 Å². The molecular formula is C35H42N2O7. The van der Waals surface area contributed by atoms with Crippen molar-refractivity contribution in [1.82, 2.24) is 10.2 Å². The Balaban J connectivity index is 1.20. The van der Waals surface area contributed by atoms with E-state index in [0.29, 0.717) is 6.42 Å². The summed E-state index contributed by atoms with van der Waals surface area (Å²) in [5.41, 5.74) is 3.23. The Bertz CT molecular complexity index is 1290. The number of nitrogens with zero attached hydrogens (tertiary/aromatic N) is 1. The largest absolute Gasteiger partial charge is 0.513 e. The fourth-order valence-corrected chi connectivity index (χ4v) is 4.97. The van der Waals surface area contributed by atoms with Gasteiger partial charge in [0.15, 0.2) is 11.5 Å². The van der Waals surface area contributed by atoms with Crippen LogP contribution in [0.1, 0.15) is 49.5 Å². The number of nitrogens with one attached hydrogen (secondary N) is 1. The summed E-state index contributed by atoms with van der Waals surface area (Å²) in [6.07, 6.45) is 4.90. The van der Waals surface area contributed by atoms with Crippen LogP contribution in [0, 0.1) is 0 Å². The fraction of sp³-hybridized carbons (Fsp3) is 0.371. The lowest BCUT2D eigenvalue weighted by atomic mass is 10.00. The highest BCUT2D eigenvalue weighted by molar-refractivity contribution is 5.69. The normalized spacial score (nSPS) is 14.0. The van der Waals surface area contributed by atoms with Crippen LogP contribution in [0.25, 0.3) is 0 Å². The van der Waals surface area contributed by atoms with E-state index in [9.17, 15) is 9.59 Å². The summed E-state index contributed by atoms with van der Waals surface area (Å²) in [6, 6.07) is 25.9. The number of benzene rings is 3. The van der Waals surface area contributed by atoms with Crippen LogP contribution in [-0.2, 0) is 20.6 Å². The Morgan fingerprint density at radius 1 is 0.841 bits per heavy atom. The molecule has 0 saturated carbocycles. The van der Waals surface area contributed by atoms with Crippen LogP contribution < -0.4 is 14.8 Å². The minimum atomic E-state index is -0.877. The van der Waals surface area contributed by atoms with Gasteiger partial charge in [-0.1, -0.05) is 72.8 Å². The van der Waals surface area contributed by atoms with Crippen LogP contribution in [0.3, 0.4) is 0 Å². The highest BCUT2D eigenvalue weighted by Gasteiger charge is 2.24. The Morgan fingerprint density at radius 2 is 1.43 bits per heavy atom. The number of hydrogen-bond acceptors (Lipinski definition) is 9. The lowest BCUT2D eigenvalue weighted by Crippen LogP contribution is -2.40. The number of hydrogen-bond donors (Lipinski definition) is 1. The predicted molar refractivity (Wildman–Crippen MR) is 168 cm³/mol. The average Bonchev–Trinajstić information content (AvgIpc) is 3.04. The topological polar surface area (TPSA) is 95.6 Å². The van der Waals surface area contributed by atoms with Crippen molar-refractivity contribution in [2.24, 2.45) is 0 Å². The molecule has 0 radical (unpaired) electrons. The zero-order valence-electron chi connectivity index (χ0n) is 25.5. The molecule has 1 heterocycles. The molecule has 234 valence electrons. The molecule has 1 fully saturated rings. The maximum Gasteiger partial charge on any atom is 0.513 e. The first-order valence-electron chi connectivity index (χ1n) is 15.2. The van der Waals surface area contributed by atoms with E-state index in [1.165, 1.54) is 11.1 Å². The van der Waals surface area contributed by atoms with Crippen molar-refractivity contribution in [2.45, 2.75) is 45.3 Å². The first-order chi connectivity index (χ1) is 21.6. The van der Waals surface area contributed by atoms with Crippen LogP contribution in [0.5, 0.6) is 11.5 Å². The molecule has 4 rings (SSSR count). The number of ether oxygens (including phenoxy) is 5. The Morgan fingerprint density at radius 3 is 2.02 bits per heavy atom. The molecular weight excluding hydrogens is 560 g/mol. The molecule has 1 saturated heterocycles. The standard InChI is InChI=1S/C35H42N2O7/c1-3-40-34(38)43-31-18-17-27(26-32(31)44-35(39)41-4-2)12-11-21-36-22-25-37-23-19-30(20-24-37)42-33(28-13-7-5-8-14-28)29-15-9-6-10-16-29/h5-11,13-18,21,26,30,33,36H,3-4,12,19-20,22-25H2,1-2H3. The van der Waals surface area contributed by atoms with E-state index in [4.69, 9.17) is 23.7 Å². The Hall–Kier alpha value is -4.34. The van der Waals surface area contributed by atoms with Gasteiger partial charge in [0, 0.05) is 26.2 Å². The molecule has 9 nitrogen and oxygen atoms in total. The monoisotopic (exact) mass is 602 g/mol. The van der Waals surface area contributed by atoms with E-state index in [-0.39, 0.29) is 36.9 Å². The van der Waals surface area contributed by atoms with E-state index in [1.807, 2.05) is 24.4 Å². The lowest BCUT2D eigenvalue weighted by Gasteiger charge is -2.34. The van der Waals surface area contributed by atoms with E-state index >= 15 is 0 Å². The molecule has 0 unspecified atom stereocenters. The zero-order valence-corrected chi connectivity index (χ0v) is 25.5. The molecule has 0 aromatic heterocycles. The number of likely N-dealkylation sites (tertiary alicyclic amines) is 1. The van der Waals surface area contributed by atoms with Gasteiger partial charge in [0.2, 0.25) is 0 Å². The second-order valence-electron chi connectivity index (χ2n) is 10.3. The van der Waals surface area contributed by atoms with Gasteiger partial charge in [-0.05, 0) is 68.1 Å². The van der Waals surface area contributed by atoms with Gasteiger partial charge in [0.05, 0.1) is 19.3 Å². The van der Waals surface area contributed by atoms with Crippen molar-refractivity contribution < 1.29 is 33.3 Å². The van der Waals surface area contributed by atoms with Gasteiger partial charge in [-0.3, -0.25) is 0 Å². The smallest absolute Gasteiger partial charge is 0.434 e. The van der Waals surface area contributed by atoms with Crippen LogP contribution >= 0.6 is 0 Å². The second-order valence-corrected chi connectivity index (χ2v) is 10.3. The molecule has 0 atom stereocenters. The lowest BCUT2D eigenvalue weighted by molar-refractivity contribution is -0.0266. The molecule has 44 heavy (non-hydrogen) atoms. The molecule has 3 aromatic rings. The number of rotatable bonds is 14. The van der Waals surface area contributed by atoms with Gasteiger partial charge < -0.3 is 33.9 Å². The minimum Gasteiger partial charge on any atom is -0.434 e. The summed E-state index contributed by atoms with van der Waals surface area (Å²) in [4.78, 5) is 26.1. The molecule has 3 aromatic carbocycles. The average molecular weight is 603 g/mol. The van der Waals surface area contributed by atoms with Gasteiger partial charge >= 0.3 is 12.3 Å². The quantitative estimate of drug-likeness (QED) is 0.123. The van der Waals surface area contributed by atoms with Crippen LogP contribution in [0.4, 0.5) is 9.59 Å². The van der Waals surface area contributed by atoms with Gasteiger partial charge in [-0.25, -0.2) is 9.59 Å². The van der Waals surface area contributed by atoms with Crippen molar-refractivity contribution in [3.05, 3.63) is 108 Å². The van der Waals surface area contributed by atoms with Gasteiger partial charge in [0.1, 0.15) is 6.10 Å². The highest BCUT2D eigenvalue weighted by Crippen LogP contribution is 2.31. The fourth-order valence-electron chi connectivity index (χ4n) is 4.97. The number of carbonyl (C=O) groups excluding carboxylic acids is 2. The third-order valence-corrected chi connectivity index (χ3v) is 7.15. The number of carbonyl (C=O) groups is 2. The van der Waals surface area contributed by atoms with E-state index in [1.54, 1.807) is 32.0 Å². The van der Waals surface area contributed by atoms with Crippen molar-refractivity contribution in [3.8, 4) is 11.5 Å². The van der Waals surface area contributed by atoms with Crippen molar-refractivity contribution in [2.75, 3.05) is 39.4 Å². The molecule has 0 aliphatic carbocycles. The van der Waals surface area contributed by atoms with Crippen molar-refractivity contribution in [3.63, 3.8) is 0 Å². The summed E-state index contributed by atoms with van der Waals surface area (Å²) in [5, 5.41) is 3.36. The Kier molecular flexibility index (Phi) is 13.1. The van der Waals surface area contributed by atoms with Crippen LogP contribution in [-0.4, -0.2) is 62.7 Å². The molecule has 0 spiro atoms. The van der Waals surface area contributed by atoms with Crippen molar-refractivity contribution >= 4 is 12.3 Å². The molecule has 1 N–H and O–H groups in total. The molecule has 0 bridgehead atoms. The summed E-state index contributed by atoms with van der Waals surface area (Å²) in [6.45, 7) is 7.43. The molecule has 1 aliphatic rings. The summed E-state index contributed by atoms with van der Waals surface area (Å²) < 4.78 is 26.8. The first kappa shape index (κ1) is 32.6. The number of piperidine rings is 1. The van der Waals surface area contributed by atoms with Gasteiger partial charge in [-0.2, -0.15) is 0 Å². The third kappa shape index (κ3) is 10.4. The summed E-state index contributed by atoms with van der Waals surface area (Å²) in [5.74, 6) is 0.161. The van der Waals surface area contributed by atoms with E-state index < -0.39 is 12.3 Å². The van der Waals surface area contributed by atoms with Crippen LogP contribution in [0.15, 0.2) is 91.1 Å². The van der Waals surface area contributed by atoms with Gasteiger partial charge in [-0.15, -0.1) is 0 Å². The number of allylic oxidation sites excluding steroid dienone is 1. The van der Waals surface area contributed by atoms with Crippen molar-refractivity contribution in [1.29, 1.82) is 0 Å². The minimum absolute atomic E-state index is 0.0603. The predicted octanol–water partition coefficient (Wildman–Crippen LogP) is 6.67. The summed E-state index contributed by atoms with van der Waals surface area (Å²) in [7, 11) is 0. The summed E-state index contributed by atoms with van der Waals surface area (Å²) >= 11 is 0. The third-order valence-electron chi connectivity index (χ3n) is 7.15. The highest BCUT2D eigenvalue weighted by atomic mass is 16.7. The van der Waals surface area contributed by atoms with E-state index in [0.717, 1.165) is 44.6 Å². The molecule has 1 aliphatic heterocycles. The molecule has 0 amide bonds. The maximum absolute atomic E-state index is 11.9. The zero-order chi connectivity index (χ0) is 31.0. The maximum atomic E-state index is 11.9. The second kappa shape index (κ2) is 17.7. The first-order valence-corrected chi connectivity index (χ1v) is 15.2. The Labute approximate surface area is 259 Å². The van der Waals surface area contributed by atoms with Gasteiger partial charge in [0.25, 0.3) is 0 Å². The SMILES string of the molecule is CCOC(=O)Oc1ccc(CC=CNCCN2CCC(OC(c3ccccc3)c3ccccc3)CC2)cc1OC(=O)OCC. The molecule has 9 heteroatoms. The van der Waals surface area contributed by atoms with Crippen LogP contribution in [0.2, 0.25) is 0 Å².